The number of nitrogens with one attached hydrogen (secondary N) is 1. The summed E-state index contributed by atoms with van der Waals surface area (Å²) in [6.07, 6.45) is 3.55. The Morgan fingerprint density at radius 1 is 1.20 bits per heavy atom. The summed E-state index contributed by atoms with van der Waals surface area (Å²) < 4.78 is 0. The maximum absolute atomic E-state index is 12.5. The second kappa shape index (κ2) is 8.12. The molecule has 5 heteroatoms. The minimum atomic E-state index is -0.00597. The highest BCUT2D eigenvalue weighted by atomic mass is 16.3. The average molecular weight is 339 g/mol. The number of carbonyl (C=O) groups is 1. The Morgan fingerprint density at radius 3 is 2.56 bits per heavy atom. The van der Waals surface area contributed by atoms with Crippen molar-refractivity contribution in [2.75, 3.05) is 18.0 Å². The molecule has 1 aromatic heterocycles. The Kier molecular flexibility index (Phi) is 5.66. The smallest absolute Gasteiger partial charge is 0.223 e. The fourth-order valence-corrected chi connectivity index (χ4v) is 3.23. The van der Waals surface area contributed by atoms with Crippen LogP contribution in [0, 0.1) is 12.8 Å². The van der Waals surface area contributed by atoms with Crippen molar-refractivity contribution in [3.63, 3.8) is 0 Å². The summed E-state index contributed by atoms with van der Waals surface area (Å²) in [5, 5.41) is 12.4. The standard InChI is InChI=1S/C20H25N3O2/c1-15-6-7-19(21-12-15)23-10-8-16(9-11-23)20(25)22-13-17-4-2-3-5-18(17)14-24/h2-7,12,16,24H,8-11,13-14H2,1H3,(H,22,25). The molecule has 2 aromatic rings. The summed E-state index contributed by atoms with van der Waals surface area (Å²) in [6, 6.07) is 11.8. The van der Waals surface area contributed by atoms with Crippen LogP contribution in [0.3, 0.4) is 0 Å². The lowest BCUT2D eigenvalue weighted by molar-refractivity contribution is -0.125. The number of hydrogen-bond donors (Lipinski definition) is 2. The zero-order valence-electron chi connectivity index (χ0n) is 14.6. The van der Waals surface area contributed by atoms with Crippen LogP contribution in [0.25, 0.3) is 0 Å². The molecule has 0 aliphatic carbocycles. The third-order valence-electron chi connectivity index (χ3n) is 4.83. The molecule has 2 N–H and O–H groups in total. The molecule has 0 atom stereocenters. The number of aromatic nitrogens is 1. The quantitative estimate of drug-likeness (QED) is 0.878. The molecule has 1 saturated heterocycles. The van der Waals surface area contributed by atoms with Gasteiger partial charge in [0, 0.05) is 31.7 Å². The molecule has 1 aliphatic rings. The predicted octanol–water partition coefficient (Wildman–Crippen LogP) is 2.42. The van der Waals surface area contributed by atoms with Crippen LogP contribution in [0.1, 0.15) is 29.5 Å². The predicted molar refractivity (Wildman–Crippen MR) is 98.1 cm³/mol. The number of carbonyl (C=O) groups excluding carboxylic acids is 1. The molecule has 0 saturated carbocycles. The summed E-state index contributed by atoms with van der Waals surface area (Å²) in [4.78, 5) is 19.2. The maximum atomic E-state index is 12.5. The van der Waals surface area contributed by atoms with E-state index >= 15 is 0 Å². The van der Waals surface area contributed by atoms with E-state index in [0.717, 1.165) is 48.4 Å². The second-order valence-electron chi connectivity index (χ2n) is 6.60. The molecule has 132 valence electrons. The van der Waals surface area contributed by atoms with Gasteiger partial charge in [0.1, 0.15) is 5.82 Å². The topological polar surface area (TPSA) is 65.5 Å². The van der Waals surface area contributed by atoms with Crippen LogP contribution in [0.5, 0.6) is 0 Å². The molecular formula is C20H25N3O2. The van der Waals surface area contributed by atoms with E-state index in [4.69, 9.17) is 0 Å². The van der Waals surface area contributed by atoms with E-state index in [1.54, 1.807) is 0 Å². The molecule has 2 heterocycles. The van der Waals surface area contributed by atoms with Crippen molar-refractivity contribution in [1.29, 1.82) is 0 Å². The van der Waals surface area contributed by atoms with Crippen LogP contribution in [-0.4, -0.2) is 29.1 Å². The number of anilines is 1. The fraction of sp³-hybridized carbons (Fsp3) is 0.400. The number of hydrogen-bond acceptors (Lipinski definition) is 4. The molecule has 1 amide bonds. The molecule has 3 rings (SSSR count). The number of piperidine rings is 1. The fourth-order valence-electron chi connectivity index (χ4n) is 3.23. The van der Waals surface area contributed by atoms with Crippen LogP contribution in [0.15, 0.2) is 42.6 Å². The van der Waals surface area contributed by atoms with Crippen LogP contribution in [0.4, 0.5) is 5.82 Å². The summed E-state index contributed by atoms with van der Waals surface area (Å²) in [6.45, 7) is 4.19. The first-order valence-electron chi connectivity index (χ1n) is 8.80. The van der Waals surface area contributed by atoms with Gasteiger partial charge in [0.15, 0.2) is 0 Å². The highest BCUT2D eigenvalue weighted by molar-refractivity contribution is 5.79. The third kappa shape index (κ3) is 4.37. The van der Waals surface area contributed by atoms with E-state index < -0.39 is 0 Å². The minimum Gasteiger partial charge on any atom is -0.392 e. The summed E-state index contributed by atoms with van der Waals surface area (Å²) in [5.41, 5.74) is 2.99. The number of benzene rings is 1. The Labute approximate surface area is 148 Å². The SMILES string of the molecule is Cc1ccc(N2CCC(C(=O)NCc3ccccc3CO)CC2)nc1. The number of rotatable bonds is 5. The molecule has 1 aliphatic heterocycles. The molecule has 1 aromatic carbocycles. The van der Waals surface area contributed by atoms with Crippen LogP contribution in [-0.2, 0) is 17.9 Å². The molecule has 5 nitrogen and oxygen atoms in total. The molecular weight excluding hydrogens is 314 g/mol. The van der Waals surface area contributed by atoms with E-state index in [0.29, 0.717) is 6.54 Å². The van der Waals surface area contributed by atoms with Gasteiger partial charge in [-0.1, -0.05) is 30.3 Å². The van der Waals surface area contributed by atoms with Crippen molar-refractivity contribution < 1.29 is 9.90 Å². The first kappa shape index (κ1) is 17.4. The minimum absolute atomic E-state index is 0.00597. The van der Waals surface area contributed by atoms with Gasteiger partial charge in [-0.2, -0.15) is 0 Å². The second-order valence-corrected chi connectivity index (χ2v) is 6.60. The van der Waals surface area contributed by atoms with Crippen LogP contribution in [0.2, 0.25) is 0 Å². The van der Waals surface area contributed by atoms with Gasteiger partial charge < -0.3 is 15.3 Å². The van der Waals surface area contributed by atoms with E-state index in [1.165, 1.54) is 0 Å². The van der Waals surface area contributed by atoms with Crippen molar-refractivity contribution in [3.8, 4) is 0 Å². The number of amides is 1. The van der Waals surface area contributed by atoms with Crippen molar-refractivity contribution in [3.05, 3.63) is 59.3 Å². The number of aryl methyl sites for hydroxylation is 1. The molecule has 0 radical (unpaired) electrons. The van der Waals surface area contributed by atoms with E-state index in [9.17, 15) is 9.90 Å². The van der Waals surface area contributed by atoms with Gasteiger partial charge in [0.25, 0.3) is 0 Å². The third-order valence-corrected chi connectivity index (χ3v) is 4.83. The van der Waals surface area contributed by atoms with Crippen molar-refractivity contribution in [2.24, 2.45) is 5.92 Å². The zero-order valence-corrected chi connectivity index (χ0v) is 14.6. The Hall–Kier alpha value is -2.40. The largest absolute Gasteiger partial charge is 0.392 e. The van der Waals surface area contributed by atoms with Gasteiger partial charge in [-0.25, -0.2) is 4.98 Å². The molecule has 0 spiro atoms. The number of nitrogens with zero attached hydrogens (tertiary/aromatic N) is 2. The van der Waals surface area contributed by atoms with Gasteiger partial charge in [-0.05, 0) is 42.5 Å². The van der Waals surface area contributed by atoms with Crippen molar-refractivity contribution in [2.45, 2.75) is 32.9 Å². The van der Waals surface area contributed by atoms with Crippen LogP contribution < -0.4 is 10.2 Å². The van der Waals surface area contributed by atoms with E-state index in [2.05, 4.69) is 21.3 Å². The molecule has 0 bridgehead atoms. The van der Waals surface area contributed by atoms with Gasteiger partial charge in [-0.15, -0.1) is 0 Å². The number of aliphatic hydroxyl groups is 1. The van der Waals surface area contributed by atoms with E-state index in [-0.39, 0.29) is 18.4 Å². The normalized spacial score (nSPS) is 15.2. The lowest BCUT2D eigenvalue weighted by atomic mass is 9.95. The Balaban J connectivity index is 1.50. The summed E-state index contributed by atoms with van der Waals surface area (Å²) >= 11 is 0. The monoisotopic (exact) mass is 339 g/mol. The molecule has 0 unspecified atom stereocenters. The van der Waals surface area contributed by atoms with Gasteiger partial charge in [0.2, 0.25) is 5.91 Å². The lowest BCUT2D eigenvalue weighted by Crippen LogP contribution is -2.40. The maximum Gasteiger partial charge on any atom is 0.223 e. The zero-order chi connectivity index (χ0) is 17.6. The van der Waals surface area contributed by atoms with Gasteiger partial charge in [-0.3, -0.25) is 4.79 Å². The Morgan fingerprint density at radius 2 is 1.92 bits per heavy atom. The summed E-state index contributed by atoms with van der Waals surface area (Å²) in [7, 11) is 0. The first-order chi connectivity index (χ1) is 12.2. The Bertz CT molecular complexity index is 707. The molecule has 1 fully saturated rings. The van der Waals surface area contributed by atoms with Crippen LogP contribution >= 0.6 is 0 Å². The van der Waals surface area contributed by atoms with E-state index in [1.807, 2.05) is 43.5 Å². The van der Waals surface area contributed by atoms with Gasteiger partial charge in [0.05, 0.1) is 6.61 Å². The van der Waals surface area contributed by atoms with Crippen molar-refractivity contribution >= 4 is 11.7 Å². The highest BCUT2D eigenvalue weighted by Crippen LogP contribution is 2.22. The summed E-state index contributed by atoms with van der Waals surface area (Å²) in [5.74, 6) is 1.13. The first-order valence-corrected chi connectivity index (χ1v) is 8.80. The average Bonchev–Trinajstić information content (AvgIpc) is 2.67. The van der Waals surface area contributed by atoms with Gasteiger partial charge >= 0.3 is 0 Å². The number of pyridine rings is 1. The highest BCUT2D eigenvalue weighted by Gasteiger charge is 2.25. The number of aliphatic hydroxyl groups excluding tert-OH is 1. The van der Waals surface area contributed by atoms with Crippen molar-refractivity contribution in [1.82, 2.24) is 10.3 Å². The lowest BCUT2D eigenvalue weighted by Gasteiger charge is -2.32. The molecule has 25 heavy (non-hydrogen) atoms.